The molecule has 0 bridgehead atoms. The molecule has 0 aromatic heterocycles. The summed E-state index contributed by atoms with van der Waals surface area (Å²) in [5, 5.41) is 2.83. The highest BCUT2D eigenvalue weighted by atomic mass is 35.5. The van der Waals surface area contributed by atoms with Crippen molar-refractivity contribution in [2.45, 2.75) is 13.0 Å². The molecule has 1 amide bonds. The van der Waals surface area contributed by atoms with Crippen molar-refractivity contribution in [3.05, 3.63) is 52.3 Å². The van der Waals surface area contributed by atoms with Gasteiger partial charge in [0, 0.05) is 0 Å². The molecule has 0 aliphatic carbocycles. The maximum Gasteiger partial charge on any atom is 0.255 e. The number of rotatable bonds is 6. The highest BCUT2D eigenvalue weighted by Crippen LogP contribution is 2.39. The maximum absolute atomic E-state index is 13.3. The molecule has 2 aromatic carbocycles. The number of carbonyl (C=O) groups excluding carboxylic acids is 1. The lowest BCUT2D eigenvalue weighted by Crippen LogP contribution is -2.27. The number of nitrogens with one attached hydrogen (secondary N) is 1. The lowest BCUT2D eigenvalue weighted by atomic mass is 10.1. The van der Waals surface area contributed by atoms with E-state index in [0.717, 1.165) is 0 Å². The molecule has 1 N–H and O–H groups in total. The molecule has 2 aromatic rings. The van der Waals surface area contributed by atoms with Gasteiger partial charge < -0.3 is 19.5 Å². The van der Waals surface area contributed by atoms with E-state index in [0.29, 0.717) is 22.6 Å². The fraction of sp³-hybridized carbons (Fsp3) is 0.278. The van der Waals surface area contributed by atoms with Crippen molar-refractivity contribution in [2.24, 2.45) is 0 Å². The standard InChI is InChI=1S/C18H19ClFNO4/c1-10(11-5-7-14(20)13(19)9-11)21-18(22)12-6-8-15(23-2)17(25-4)16(12)24-3/h5-10H,1-4H3,(H,21,22). The minimum Gasteiger partial charge on any atom is -0.493 e. The van der Waals surface area contributed by atoms with Crippen LogP contribution in [0.3, 0.4) is 0 Å². The van der Waals surface area contributed by atoms with Gasteiger partial charge in [-0.15, -0.1) is 0 Å². The van der Waals surface area contributed by atoms with E-state index in [1.54, 1.807) is 25.1 Å². The summed E-state index contributed by atoms with van der Waals surface area (Å²) in [6.07, 6.45) is 0. The summed E-state index contributed by atoms with van der Waals surface area (Å²) in [5.41, 5.74) is 0.972. The van der Waals surface area contributed by atoms with E-state index in [-0.39, 0.29) is 22.7 Å². The number of methoxy groups -OCH3 is 3. The van der Waals surface area contributed by atoms with Crippen LogP contribution in [0.5, 0.6) is 17.2 Å². The highest BCUT2D eigenvalue weighted by molar-refractivity contribution is 6.30. The van der Waals surface area contributed by atoms with Crippen LogP contribution in [-0.2, 0) is 0 Å². The summed E-state index contributed by atoms with van der Waals surface area (Å²) in [4.78, 5) is 12.6. The Kier molecular flexibility index (Phi) is 6.09. The molecule has 25 heavy (non-hydrogen) atoms. The third kappa shape index (κ3) is 3.96. The Morgan fingerprint density at radius 2 is 1.76 bits per heavy atom. The predicted molar refractivity (Wildman–Crippen MR) is 93.4 cm³/mol. The third-order valence-corrected chi connectivity index (χ3v) is 4.03. The Balaban J connectivity index is 2.29. The lowest BCUT2D eigenvalue weighted by Gasteiger charge is -2.18. The van der Waals surface area contributed by atoms with Gasteiger partial charge in [-0.05, 0) is 36.8 Å². The molecule has 0 saturated carbocycles. The van der Waals surface area contributed by atoms with Crippen LogP contribution >= 0.6 is 11.6 Å². The van der Waals surface area contributed by atoms with Gasteiger partial charge in [0.2, 0.25) is 5.75 Å². The molecule has 0 aliphatic heterocycles. The first-order valence-electron chi connectivity index (χ1n) is 7.47. The Morgan fingerprint density at radius 3 is 2.32 bits per heavy atom. The van der Waals surface area contributed by atoms with Crippen molar-refractivity contribution in [1.29, 1.82) is 0 Å². The maximum atomic E-state index is 13.3. The molecule has 2 rings (SSSR count). The van der Waals surface area contributed by atoms with Gasteiger partial charge in [-0.3, -0.25) is 4.79 Å². The van der Waals surface area contributed by atoms with E-state index in [1.165, 1.54) is 33.5 Å². The first-order valence-corrected chi connectivity index (χ1v) is 7.85. The Hall–Kier alpha value is -2.47. The molecule has 7 heteroatoms. The molecular formula is C18H19ClFNO4. The zero-order valence-corrected chi connectivity index (χ0v) is 15.1. The largest absolute Gasteiger partial charge is 0.493 e. The van der Waals surface area contributed by atoms with Crippen molar-refractivity contribution in [1.82, 2.24) is 5.32 Å². The summed E-state index contributed by atoms with van der Waals surface area (Å²) in [6, 6.07) is 7.13. The van der Waals surface area contributed by atoms with Crippen LogP contribution in [0, 0.1) is 5.82 Å². The number of benzene rings is 2. The molecule has 134 valence electrons. The minimum atomic E-state index is -0.509. The highest BCUT2D eigenvalue weighted by Gasteiger charge is 2.22. The van der Waals surface area contributed by atoms with Gasteiger partial charge in [-0.2, -0.15) is 0 Å². The summed E-state index contributed by atoms with van der Waals surface area (Å²) in [7, 11) is 4.40. The fourth-order valence-corrected chi connectivity index (χ4v) is 2.61. The Bertz CT molecular complexity index is 782. The van der Waals surface area contributed by atoms with Gasteiger partial charge in [0.1, 0.15) is 5.82 Å². The summed E-state index contributed by atoms with van der Waals surface area (Å²) < 4.78 is 29.1. The summed E-state index contributed by atoms with van der Waals surface area (Å²) >= 11 is 5.79. The molecule has 5 nitrogen and oxygen atoms in total. The minimum absolute atomic E-state index is 0.00213. The van der Waals surface area contributed by atoms with Gasteiger partial charge in [0.15, 0.2) is 11.5 Å². The molecule has 0 saturated heterocycles. The first-order chi connectivity index (χ1) is 11.9. The molecular weight excluding hydrogens is 349 g/mol. The average Bonchev–Trinajstić information content (AvgIpc) is 2.62. The summed E-state index contributed by atoms with van der Waals surface area (Å²) in [6.45, 7) is 1.77. The fourth-order valence-electron chi connectivity index (χ4n) is 2.42. The van der Waals surface area contributed by atoms with Crippen molar-refractivity contribution in [2.75, 3.05) is 21.3 Å². The van der Waals surface area contributed by atoms with E-state index in [1.807, 2.05) is 0 Å². The second-order valence-electron chi connectivity index (χ2n) is 5.25. The Morgan fingerprint density at radius 1 is 1.08 bits per heavy atom. The number of ether oxygens (including phenoxy) is 3. The second-order valence-corrected chi connectivity index (χ2v) is 5.66. The van der Waals surface area contributed by atoms with Gasteiger partial charge in [0.25, 0.3) is 5.91 Å². The zero-order valence-electron chi connectivity index (χ0n) is 14.4. The third-order valence-electron chi connectivity index (χ3n) is 3.74. The molecule has 0 heterocycles. The van der Waals surface area contributed by atoms with Crippen LogP contribution in [0.2, 0.25) is 5.02 Å². The van der Waals surface area contributed by atoms with Crippen LogP contribution in [0.25, 0.3) is 0 Å². The monoisotopic (exact) mass is 367 g/mol. The van der Waals surface area contributed by atoms with E-state index >= 15 is 0 Å². The number of hydrogen-bond donors (Lipinski definition) is 1. The van der Waals surface area contributed by atoms with Crippen molar-refractivity contribution >= 4 is 17.5 Å². The summed E-state index contributed by atoms with van der Waals surface area (Å²) in [5.74, 6) is 0.171. The van der Waals surface area contributed by atoms with Crippen molar-refractivity contribution in [3.63, 3.8) is 0 Å². The van der Waals surface area contributed by atoms with Gasteiger partial charge in [-0.25, -0.2) is 4.39 Å². The number of amides is 1. The quantitative estimate of drug-likeness (QED) is 0.838. The molecule has 0 spiro atoms. The normalized spacial score (nSPS) is 11.6. The van der Waals surface area contributed by atoms with Gasteiger partial charge in [0.05, 0.1) is 38.0 Å². The number of hydrogen-bond acceptors (Lipinski definition) is 4. The molecule has 1 atom stereocenters. The van der Waals surface area contributed by atoms with Crippen molar-refractivity contribution in [3.8, 4) is 17.2 Å². The van der Waals surface area contributed by atoms with Crippen LogP contribution in [0.1, 0.15) is 28.9 Å². The molecule has 0 radical (unpaired) electrons. The molecule has 0 aliphatic rings. The Labute approximate surface area is 150 Å². The van der Waals surface area contributed by atoms with E-state index in [2.05, 4.69) is 5.32 Å². The second kappa shape index (κ2) is 8.07. The van der Waals surface area contributed by atoms with E-state index < -0.39 is 5.82 Å². The number of carbonyl (C=O) groups is 1. The topological polar surface area (TPSA) is 56.8 Å². The number of halogens is 2. The van der Waals surface area contributed by atoms with Crippen molar-refractivity contribution < 1.29 is 23.4 Å². The van der Waals surface area contributed by atoms with Crippen LogP contribution < -0.4 is 19.5 Å². The SMILES string of the molecule is COc1ccc(C(=O)NC(C)c2ccc(F)c(Cl)c2)c(OC)c1OC. The van der Waals surface area contributed by atoms with E-state index in [4.69, 9.17) is 25.8 Å². The molecule has 0 fully saturated rings. The van der Waals surface area contributed by atoms with Gasteiger partial charge in [-0.1, -0.05) is 17.7 Å². The lowest BCUT2D eigenvalue weighted by molar-refractivity contribution is 0.0936. The van der Waals surface area contributed by atoms with Gasteiger partial charge >= 0.3 is 0 Å². The van der Waals surface area contributed by atoms with Crippen LogP contribution in [0.15, 0.2) is 30.3 Å². The molecule has 1 unspecified atom stereocenters. The predicted octanol–water partition coefficient (Wildman–Crippen LogP) is 4.00. The first kappa shape index (κ1) is 18.9. The van der Waals surface area contributed by atoms with Crippen LogP contribution in [-0.4, -0.2) is 27.2 Å². The van der Waals surface area contributed by atoms with Crippen LogP contribution in [0.4, 0.5) is 4.39 Å². The van der Waals surface area contributed by atoms with E-state index in [9.17, 15) is 9.18 Å². The average molecular weight is 368 g/mol. The smallest absolute Gasteiger partial charge is 0.255 e. The zero-order chi connectivity index (χ0) is 18.6.